The molecular weight excluding hydrogens is 320 g/mol. The molecule has 0 radical (unpaired) electrons. The van der Waals surface area contributed by atoms with Crippen molar-refractivity contribution in [2.24, 2.45) is 0 Å². The maximum atomic E-state index is 12.3. The summed E-state index contributed by atoms with van der Waals surface area (Å²) >= 11 is 0. The van der Waals surface area contributed by atoms with Crippen LogP contribution in [-0.4, -0.2) is 82.7 Å². The zero-order chi connectivity index (χ0) is 17.6. The molecule has 0 unspecified atom stereocenters. The Morgan fingerprint density at radius 3 is 2.72 bits per heavy atom. The van der Waals surface area contributed by atoms with Gasteiger partial charge in [0.25, 0.3) is 0 Å². The summed E-state index contributed by atoms with van der Waals surface area (Å²) in [7, 11) is 0. The number of nitrogens with one attached hydrogen (secondary N) is 1. The van der Waals surface area contributed by atoms with Crippen molar-refractivity contribution in [2.75, 3.05) is 45.8 Å². The minimum Gasteiger partial charge on any atom is -0.340 e. The van der Waals surface area contributed by atoms with Gasteiger partial charge in [0.05, 0.1) is 6.54 Å². The maximum absolute atomic E-state index is 12.3. The molecule has 8 nitrogen and oxygen atoms in total. The van der Waals surface area contributed by atoms with Crippen LogP contribution in [0.2, 0.25) is 0 Å². The van der Waals surface area contributed by atoms with E-state index in [2.05, 4.69) is 32.2 Å². The Labute approximate surface area is 149 Å². The number of likely N-dealkylation sites (tertiary alicyclic amines) is 1. The molecule has 25 heavy (non-hydrogen) atoms. The molecule has 0 aliphatic carbocycles. The summed E-state index contributed by atoms with van der Waals surface area (Å²) in [5, 5.41) is 7.00. The number of hydrogen-bond donors (Lipinski definition) is 1. The molecule has 0 spiro atoms. The Bertz CT molecular complexity index is 555. The molecule has 1 N–H and O–H groups in total. The molecule has 2 amide bonds. The third-order valence-corrected chi connectivity index (χ3v) is 5.21. The van der Waals surface area contributed by atoms with E-state index in [4.69, 9.17) is 4.52 Å². The first-order valence-electron chi connectivity index (χ1n) is 9.40. The maximum Gasteiger partial charge on any atom is 0.317 e. The van der Waals surface area contributed by atoms with Crippen LogP contribution in [-0.2, 0) is 6.54 Å². The van der Waals surface area contributed by atoms with Crippen LogP contribution < -0.4 is 5.32 Å². The van der Waals surface area contributed by atoms with Gasteiger partial charge < -0.3 is 14.7 Å². The SMILES string of the molecule is Cc1nc(CN2CCN(C(=O)NCCN3CCCC[C@H]3C)CC2)no1. The average Bonchev–Trinajstić information content (AvgIpc) is 3.02. The van der Waals surface area contributed by atoms with Gasteiger partial charge in [-0.3, -0.25) is 9.80 Å². The van der Waals surface area contributed by atoms with E-state index >= 15 is 0 Å². The Morgan fingerprint density at radius 1 is 1.24 bits per heavy atom. The molecule has 0 bridgehead atoms. The fourth-order valence-electron chi connectivity index (χ4n) is 3.62. The first kappa shape index (κ1) is 18.1. The summed E-state index contributed by atoms with van der Waals surface area (Å²) < 4.78 is 5.00. The number of carbonyl (C=O) groups excluding carboxylic acids is 1. The number of aryl methyl sites for hydroxylation is 1. The third kappa shape index (κ3) is 5.15. The predicted molar refractivity (Wildman–Crippen MR) is 94.2 cm³/mol. The van der Waals surface area contributed by atoms with Gasteiger partial charge in [-0.2, -0.15) is 4.98 Å². The zero-order valence-corrected chi connectivity index (χ0v) is 15.4. The lowest BCUT2D eigenvalue weighted by Gasteiger charge is -2.35. The van der Waals surface area contributed by atoms with Gasteiger partial charge in [0.2, 0.25) is 5.89 Å². The van der Waals surface area contributed by atoms with Crippen LogP contribution in [0.3, 0.4) is 0 Å². The molecule has 140 valence electrons. The topological polar surface area (TPSA) is 77.7 Å². The molecule has 1 atom stereocenters. The molecule has 3 rings (SSSR count). The van der Waals surface area contributed by atoms with Gasteiger partial charge in [0.15, 0.2) is 5.82 Å². The van der Waals surface area contributed by atoms with Crippen LogP contribution in [0.5, 0.6) is 0 Å². The summed E-state index contributed by atoms with van der Waals surface area (Å²) in [4.78, 5) is 23.2. The molecule has 2 aliphatic heterocycles. The van der Waals surface area contributed by atoms with Gasteiger partial charge in [0, 0.05) is 52.2 Å². The zero-order valence-electron chi connectivity index (χ0n) is 15.4. The first-order chi connectivity index (χ1) is 12.1. The highest BCUT2D eigenvalue weighted by molar-refractivity contribution is 5.74. The van der Waals surface area contributed by atoms with E-state index in [-0.39, 0.29) is 6.03 Å². The minimum absolute atomic E-state index is 0.0553. The summed E-state index contributed by atoms with van der Waals surface area (Å²) in [6, 6.07) is 0.697. The summed E-state index contributed by atoms with van der Waals surface area (Å²) in [6.07, 6.45) is 3.88. The molecule has 1 aromatic heterocycles. The largest absolute Gasteiger partial charge is 0.340 e. The van der Waals surface area contributed by atoms with E-state index in [0.29, 0.717) is 24.3 Å². The number of nitrogens with zero attached hydrogens (tertiary/aromatic N) is 5. The molecule has 1 aromatic rings. The molecule has 0 saturated carbocycles. The normalized spacial score (nSPS) is 23.0. The number of urea groups is 1. The van der Waals surface area contributed by atoms with Crippen LogP contribution in [0, 0.1) is 6.92 Å². The Morgan fingerprint density at radius 2 is 2.04 bits per heavy atom. The number of piperazine rings is 1. The number of aromatic nitrogens is 2. The summed E-state index contributed by atoms with van der Waals surface area (Å²) in [5.41, 5.74) is 0. The standard InChI is InChI=1S/C17H30N6O2/c1-14-5-3-4-7-22(14)8-6-18-17(24)23-11-9-21(10-12-23)13-16-19-15(2)25-20-16/h14H,3-13H2,1-2H3,(H,18,24)/t14-/m1/s1. The number of carbonyl (C=O) groups is 1. The fraction of sp³-hybridized carbons (Fsp3) is 0.824. The van der Waals surface area contributed by atoms with Gasteiger partial charge in [-0.05, 0) is 26.3 Å². The number of hydrogen-bond acceptors (Lipinski definition) is 6. The van der Waals surface area contributed by atoms with Crippen molar-refractivity contribution in [3.05, 3.63) is 11.7 Å². The van der Waals surface area contributed by atoms with Gasteiger partial charge in [-0.25, -0.2) is 4.79 Å². The third-order valence-electron chi connectivity index (χ3n) is 5.21. The monoisotopic (exact) mass is 350 g/mol. The Hall–Kier alpha value is -1.67. The van der Waals surface area contributed by atoms with Crippen molar-refractivity contribution >= 4 is 6.03 Å². The lowest BCUT2D eigenvalue weighted by Crippen LogP contribution is -2.52. The van der Waals surface area contributed by atoms with Crippen LogP contribution in [0.15, 0.2) is 4.52 Å². The molecule has 2 fully saturated rings. The molecule has 8 heteroatoms. The Kier molecular flexibility index (Phi) is 6.25. The van der Waals surface area contributed by atoms with Crippen molar-refractivity contribution in [1.29, 1.82) is 0 Å². The highest BCUT2D eigenvalue weighted by atomic mass is 16.5. The first-order valence-corrected chi connectivity index (χ1v) is 9.40. The van der Waals surface area contributed by atoms with Crippen molar-refractivity contribution < 1.29 is 9.32 Å². The highest BCUT2D eigenvalue weighted by Crippen LogP contribution is 2.15. The number of piperidine rings is 1. The lowest BCUT2D eigenvalue weighted by molar-refractivity contribution is 0.129. The van der Waals surface area contributed by atoms with E-state index in [1.54, 1.807) is 6.92 Å². The van der Waals surface area contributed by atoms with Crippen LogP contribution in [0.25, 0.3) is 0 Å². The molecule has 2 saturated heterocycles. The number of rotatable bonds is 5. The molecule has 2 aliphatic rings. The van der Waals surface area contributed by atoms with Crippen molar-refractivity contribution in [1.82, 2.24) is 30.2 Å². The van der Waals surface area contributed by atoms with Gasteiger partial charge >= 0.3 is 6.03 Å². The van der Waals surface area contributed by atoms with E-state index in [1.807, 2.05) is 4.90 Å². The predicted octanol–water partition coefficient (Wildman–Crippen LogP) is 1.08. The number of amides is 2. The van der Waals surface area contributed by atoms with E-state index < -0.39 is 0 Å². The molecule has 3 heterocycles. The molecular formula is C17H30N6O2. The second-order valence-corrected chi connectivity index (χ2v) is 7.11. The smallest absolute Gasteiger partial charge is 0.317 e. The second kappa shape index (κ2) is 8.62. The van der Waals surface area contributed by atoms with Gasteiger partial charge in [-0.1, -0.05) is 11.6 Å². The van der Waals surface area contributed by atoms with E-state index in [9.17, 15) is 4.79 Å². The van der Waals surface area contributed by atoms with Crippen molar-refractivity contribution in [3.63, 3.8) is 0 Å². The van der Waals surface area contributed by atoms with Crippen LogP contribution in [0.1, 0.15) is 37.9 Å². The van der Waals surface area contributed by atoms with Crippen molar-refractivity contribution in [2.45, 2.75) is 45.7 Å². The summed E-state index contributed by atoms with van der Waals surface area (Å²) in [6.45, 7) is 10.7. The van der Waals surface area contributed by atoms with Crippen molar-refractivity contribution in [3.8, 4) is 0 Å². The summed E-state index contributed by atoms with van der Waals surface area (Å²) in [5.74, 6) is 1.31. The van der Waals surface area contributed by atoms with E-state index in [1.165, 1.54) is 19.3 Å². The molecule has 0 aromatic carbocycles. The van der Waals surface area contributed by atoms with Crippen LogP contribution in [0.4, 0.5) is 4.79 Å². The minimum atomic E-state index is 0.0553. The average molecular weight is 350 g/mol. The second-order valence-electron chi connectivity index (χ2n) is 7.11. The lowest BCUT2D eigenvalue weighted by atomic mass is 10.0. The highest BCUT2D eigenvalue weighted by Gasteiger charge is 2.23. The quantitative estimate of drug-likeness (QED) is 0.856. The van der Waals surface area contributed by atoms with Gasteiger partial charge in [0.1, 0.15) is 0 Å². The van der Waals surface area contributed by atoms with E-state index in [0.717, 1.165) is 45.8 Å². The Balaban J connectivity index is 1.34. The fourth-order valence-corrected chi connectivity index (χ4v) is 3.62. The van der Waals surface area contributed by atoms with Gasteiger partial charge in [-0.15, -0.1) is 0 Å². The van der Waals surface area contributed by atoms with Crippen LogP contribution >= 0.6 is 0 Å².